The summed E-state index contributed by atoms with van der Waals surface area (Å²) in [6, 6.07) is 3.87. The van der Waals surface area contributed by atoms with E-state index < -0.39 is 17.7 Å². The molecule has 4 heteroatoms. The topological polar surface area (TPSA) is 46.2 Å². The number of anilines is 1. The first-order chi connectivity index (χ1) is 5.13. The van der Waals surface area contributed by atoms with Gasteiger partial charge in [-0.25, -0.2) is 8.78 Å². The molecule has 0 amide bonds. The zero-order valence-electron chi connectivity index (χ0n) is 5.59. The minimum absolute atomic E-state index is 0.0252. The van der Waals surface area contributed by atoms with Crippen LogP contribution in [0.4, 0.5) is 14.5 Å². The van der Waals surface area contributed by atoms with E-state index in [1.807, 2.05) is 0 Å². The van der Waals surface area contributed by atoms with Crippen molar-refractivity contribution in [1.82, 2.24) is 0 Å². The molecule has 3 N–H and O–H groups in total. The number of para-hydroxylation sites is 1. The van der Waals surface area contributed by atoms with Crippen LogP contribution < -0.4 is 5.73 Å². The Bertz CT molecular complexity index is 263. The molecule has 0 aliphatic rings. The second-order valence-electron chi connectivity index (χ2n) is 2.09. The molecular weight excluding hydrogens is 152 g/mol. The van der Waals surface area contributed by atoms with E-state index in [2.05, 4.69) is 0 Å². The Labute approximate surface area is 62.3 Å². The Morgan fingerprint density at radius 2 is 2.00 bits per heavy atom. The Kier molecular flexibility index (Phi) is 1.94. The number of phenolic OH excluding ortho intramolecular Hbond substituents is 1. The van der Waals surface area contributed by atoms with Gasteiger partial charge in [-0.05, 0) is 12.1 Å². The molecule has 1 aromatic rings. The summed E-state index contributed by atoms with van der Waals surface area (Å²) in [6.07, 6.45) is -2.68. The van der Waals surface area contributed by atoms with Crippen molar-refractivity contribution in [2.24, 2.45) is 0 Å². The van der Waals surface area contributed by atoms with Crippen LogP contribution in [-0.4, -0.2) is 5.11 Å². The van der Waals surface area contributed by atoms with Crippen molar-refractivity contribution >= 4 is 5.69 Å². The normalized spacial score (nSPS) is 10.5. The minimum atomic E-state index is -2.68. The van der Waals surface area contributed by atoms with Crippen molar-refractivity contribution in [2.75, 3.05) is 5.73 Å². The summed E-state index contributed by atoms with van der Waals surface area (Å²) in [7, 11) is 0. The van der Waals surface area contributed by atoms with Crippen LogP contribution in [0.5, 0.6) is 5.75 Å². The molecule has 0 bridgehead atoms. The van der Waals surface area contributed by atoms with Crippen molar-refractivity contribution in [3.8, 4) is 5.75 Å². The molecule has 0 aliphatic carbocycles. The number of aromatic hydroxyl groups is 1. The Morgan fingerprint density at radius 1 is 1.36 bits per heavy atom. The highest BCUT2D eigenvalue weighted by atomic mass is 19.3. The second-order valence-corrected chi connectivity index (χ2v) is 2.09. The lowest BCUT2D eigenvalue weighted by atomic mass is 10.2. The third kappa shape index (κ3) is 1.39. The molecule has 0 saturated carbocycles. The van der Waals surface area contributed by atoms with Gasteiger partial charge in [0, 0.05) is 0 Å². The molecule has 60 valence electrons. The monoisotopic (exact) mass is 159 g/mol. The Morgan fingerprint density at radius 3 is 2.45 bits per heavy atom. The number of phenols is 1. The van der Waals surface area contributed by atoms with Crippen molar-refractivity contribution in [1.29, 1.82) is 0 Å². The van der Waals surface area contributed by atoms with Crippen molar-refractivity contribution in [3.05, 3.63) is 23.8 Å². The van der Waals surface area contributed by atoms with Crippen molar-refractivity contribution in [3.63, 3.8) is 0 Å². The molecular formula is C7H7F2NO. The van der Waals surface area contributed by atoms with Gasteiger partial charge in [-0.1, -0.05) is 6.07 Å². The maximum Gasteiger partial charge on any atom is 0.267 e. The Balaban J connectivity index is 3.17. The summed E-state index contributed by atoms with van der Waals surface area (Å²) < 4.78 is 24.0. The summed E-state index contributed by atoms with van der Waals surface area (Å²) in [5, 5.41) is 8.96. The van der Waals surface area contributed by atoms with Crippen LogP contribution in [0, 0.1) is 0 Å². The van der Waals surface area contributed by atoms with Gasteiger partial charge in [-0.2, -0.15) is 0 Å². The van der Waals surface area contributed by atoms with Gasteiger partial charge in [0.2, 0.25) is 0 Å². The first kappa shape index (κ1) is 7.78. The van der Waals surface area contributed by atoms with Gasteiger partial charge in [0.1, 0.15) is 5.75 Å². The summed E-state index contributed by atoms with van der Waals surface area (Å²) >= 11 is 0. The Hall–Kier alpha value is -1.32. The standard InChI is InChI=1S/C7H7F2NO/c8-7(9)4-2-1-3-5(10)6(4)11/h1-3,7,11H,10H2. The molecule has 0 atom stereocenters. The molecule has 0 spiro atoms. The zero-order chi connectivity index (χ0) is 8.43. The predicted octanol–water partition coefficient (Wildman–Crippen LogP) is 1.91. The maximum atomic E-state index is 12.0. The van der Waals surface area contributed by atoms with Gasteiger partial charge in [0.05, 0.1) is 11.3 Å². The number of hydrogen-bond donors (Lipinski definition) is 2. The predicted molar refractivity (Wildman–Crippen MR) is 37.5 cm³/mol. The van der Waals surface area contributed by atoms with E-state index in [9.17, 15) is 8.78 Å². The van der Waals surface area contributed by atoms with Crippen LogP contribution in [0.15, 0.2) is 18.2 Å². The van der Waals surface area contributed by atoms with Gasteiger partial charge in [0.25, 0.3) is 6.43 Å². The van der Waals surface area contributed by atoms with Gasteiger partial charge in [-0.15, -0.1) is 0 Å². The van der Waals surface area contributed by atoms with E-state index in [-0.39, 0.29) is 5.69 Å². The first-order valence-corrected chi connectivity index (χ1v) is 2.98. The van der Waals surface area contributed by atoms with E-state index in [1.54, 1.807) is 0 Å². The number of halogens is 2. The van der Waals surface area contributed by atoms with E-state index in [1.165, 1.54) is 12.1 Å². The van der Waals surface area contributed by atoms with Gasteiger partial charge in [0.15, 0.2) is 0 Å². The quantitative estimate of drug-likeness (QED) is 0.485. The minimum Gasteiger partial charge on any atom is -0.505 e. The molecule has 0 fully saturated rings. The third-order valence-electron chi connectivity index (χ3n) is 1.33. The van der Waals surface area contributed by atoms with Crippen LogP contribution in [0.2, 0.25) is 0 Å². The van der Waals surface area contributed by atoms with Crippen LogP contribution in [0.1, 0.15) is 12.0 Å². The van der Waals surface area contributed by atoms with E-state index in [4.69, 9.17) is 10.8 Å². The maximum absolute atomic E-state index is 12.0. The SMILES string of the molecule is Nc1cccc(C(F)F)c1O. The molecule has 2 nitrogen and oxygen atoms in total. The van der Waals surface area contributed by atoms with Crippen LogP contribution >= 0.6 is 0 Å². The fourth-order valence-electron chi connectivity index (χ4n) is 0.756. The van der Waals surface area contributed by atoms with E-state index >= 15 is 0 Å². The molecule has 0 radical (unpaired) electrons. The summed E-state index contributed by atoms with van der Waals surface area (Å²) in [6.45, 7) is 0. The smallest absolute Gasteiger partial charge is 0.267 e. The largest absolute Gasteiger partial charge is 0.505 e. The molecule has 0 saturated heterocycles. The number of rotatable bonds is 1. The molecule has 0 aliphatic heterocycles. The first-order valence-electron chi connectivity index (χ1n) is 2.98. The van der Waals surface area contributed by atoms with Gasteiger partial charge < -0.3 is 10.8 Å². The number of benzene rings is 1. The van der Waals surface area contributed by atoms with Crippen LogP contribution in [-0.2, 0) is 0 Å². The number of alkyl halides is 2. The van der Waals surface area contributed by atoms with Gasteiger partial charge in [-0.3, -0.25) is 0 Å². The zero-order valence-corrected chi connectivity index (χ0v) is 5.59. The average Bonchev–Trinajstić information content (AvgIpc) is 1.94. The molecule has 11 heavy (non-hydrogen) atoms. The number of hydrogen-bond acceptors (Lipinski definition) is 2. The van der Waals surface area contributed by atoms with Crippen molar-refractivity contribution < 1.29 is 13.9 Å². The average molecular weight is 159 g/mol. The van der Waals surface area contributed by atoms with E-state index in [0.717, 1.165) is 6.07 Å². The highest BCUT2D eigenvalue weighted by molar-refractivity contribution is 5.55. The lowest BCUT2D eigenvalue weighted by molar-refractivity contribution is 0.147. The van der Waals surface area contributed by atoms with Crippen LogP contribution in [0.3, 0.4) is 0 Å². The lowest BCUT2D eigenvalue weighted by Gasteiger charge is -2.04. The molecule has 0 unspecified atom stereocenters. The molecule has 1 aromatic carbocycles. The second kappa shape index (κ2) is 2.74. The third-order valence-corrected chi connectivity index (χ3v) is 1.33. The van der Waals surface area contributed by atoms with E-state index in [0.29, 0.717) is 0 Å². The lowest BCUT2D eigenvalue weighted by Crippen LogP contribution is -1.90. The number of nitrogens with two attached hydrogens (primary N) is 1. The molecule has 0 aromatic heterocycles. The van der Waals surface area contributed by atoms with Gasteiger partial charge >= 0.3 is 0 Å². The fraction of sp³-hybridized carbons (Fsp3) is 0.143. The molecule has 0 heterocycles. The van der Waals surface area contributed by atoms with Crippen molar-refractivity contribution in [2.45, 2.75) is 6.43 Å². The fourth-order valence-corrected chi connectivity index (χ4v) is 0.756. The number of nitrogen functional groups attached to an aromatic ring is 1. The highest BCUT2D eigenvalue weighted by Crippen LogP contribution is 2.31. The summed E-state index contributed by atoms with van der Waals surface area (Å²) in [5.74, 6) is -0.525. The summed E-state index contributed by atoms with van der Waals surface area (Å²) in [5.41, 5.74) is 4.72. The van der Waals surface area contributed by atoms with Crippen LogP contribution in [0.25, 0.3) is 0 Å². The highest BCUT2D eigenvalue weighted by Gasteiger charge is 2.13. The molecule has 1 rings (SSSR count). The summed E-state index contributed by atoms with van der Waals surface area (Å²) in [4.78, 5) is 0.